The molecule has 5 N–H and O–H groups in total. The molecule has 2 atom stereocenters. The number of aliphatic hydroxyl groups excluding tert-OH is 1. The average Bonchev–Trinajstić information content (AvgIpc) is 3.00. The summed E-state index contributed by atoms with van der Waals surface area (Å²) in [5, 5.41) is 43.5. The van der Waals surface area contributed by atoms with Gasteiger partial charge in [0.2, 0.25) is 0 Å². The monoisotopic (exact) mass is 839 g/mol. The van der Waals surface area contributed by atoms with Crippen LogP contribution in [0.4, 0.5) is 9.59 Å². The van der Waals surface area contributed by atoms with E-state index >= 15 is 0 Å². The topological polar surface area (TPSA) is 193 Å². The number of hydrogen-bond acceptors (Lipinski definition) is 10. The fourth-order valence-electron chi connectivity index (χ4n) is 4.76. The first-order valence-electron chi connectivity index (χ1n) is 16.7. The van der Waals surface area contributed by atoms with Crippen LogP contribution in [0.1, 0.15) is 89.8 Å². The molecule has 15 heteroatoms. The predicted octanol–water partition coefficient (Wildman–Crippen LogP) is 4.84. The molecule has 1 aliphatic carbocycles. The second-order valence-electron chi connectivity index (χ2n) is 14.4. The van der Waals surface area contributed by atoms with Crippen LogP contribution >= 0.6 is 35.0 Å². The second-order valence-corrected chi connectivity index (χ2v) is 16.2. The molecule has 51 heavy (non-hydrogen) atoms. The molecule has 2 aromatic rings. The van der Waals surface area contributed by atoms with Gasteiger partial charge in [0.05, 0.1) is 29.4 Å². The number of hydrogen-bond donors (Lipinski definition) is 4. The summed E-state index contributed by atoms with van der Waals surface area (Å²) in [5.41, 5.74) is 7.44. The molecule has 1 saturated carbocycles. The minimum absolute atomic E-state index is 0. The number of aliphatic hydroxyl groups is 1. The first-order valence-corrected chi connectivity index (χ1v) is 18.0. The van der Waals surface area contributed by atoms with Crippen molar-refractivity contribution in [1.29, 1.82) is 10.5 Å². The molecule has 5 rings (SSSR count). The van der Waals surface area contributed by atoms with E-state index in [1.165, 1.54) is 36.2 Å². The van der Waals surface area contributed by atoms with E-state index in [0.717, 1.165) is 32.4 Å². The van der Waals surface area contributed by atoms with Crippen LogP contribution in [0.5, 0.6) is 0 Å². The van der Waals surface area contributed by atoms with Crippen LogP contribution in [0.25, 0.3) is 0 Å². The molecule has 0 aromatic heterocycles. The second kappa shape index (κ2) is 21.4. The molecular weight excluding hydrogens is 788 g/mol. The molecular formula is C36H52BClIN5O7. The van der Waals surface area contributed by atoms with Gasteiger partial charge in [0.1, 0.15) is 11.2 Å². The van der Waals surface area contributed by atoms with Crippen LogP contribution in [0, 0.1) is 22.7 Å². The Kier molecular flexibility index (Phi) is 19.3. The Morgan fingerprint density at radius 1 is 0.804 bits per heavy atom. The molecule has 3 fully saturated rings. The lowest BCUT2D eigenvalue weighted by Gasteiger charge is -2.40. The predicted molar refractivity (Wildman–Crippen MR) is 208 cm³/mol. The molecule has 2 aromatic carbocycles. The molecule has 2 aliphatic heterocycles. The largest absolute Gasteiger partial charge is 0.488 e. The minimum atomic E-state index is -1.46. The van der Waals surface area contributed by atoms with Crippen molar-refractivity contribution in [3.8, 4) is 12.1 Å². The maximum absolute atomic E-state index is 11.8. The van der Waals surface area contributed by atoms with Gasteiger partial charge in [0.15, 0.2) is 0 Å². The van der Waals surface area contributed by atoms with Crippen molar-refractivity contribution in [1.82, 2.24) is 9.80 Å². The van der Waals surface area contributed by atoms with Crippen molar-refractivity contribution in [2.24, 2.45) is 5.73 Å². The van der Waals surface area contributed by atoms with Gasteiger partial charge in [-0.3, -0.25) is 0 Å². The number of benzene rings is 2. The highest BCUT2D eigenvalue weighted by Crippen LogP contribution is 2.28. The number of amides is 2. The van der Waals surface area contributed by atoms with Crippen molar-refractivity contribution in [3.63, 3.8) is 0 Å². The van der Waals surface area contributed by atoms with Gasteiger partial charge in [-0.05, 0) is 89.7 Å². The first kappa shape index (κ1) is 45.9. The Labute approximate surface area is 322 Å². The van der Waals surface area contributed by atoms with Crippen molar-refractivity contribution in [2.75, 3.05) is 26.2 Å². The van der Waals surface area contributed by atoms with Crippen molar-refractivity contribution in [3.05, 3.63) is 65.2 Å². The SMILES string of the molecule is CC(C)(C)OC(=O)N1CC(I)C1.CC(C)(C)OC(=O)N1CC(c2ccc(C#N)cc2)C1.Cl.N#Cc1ccc(B(O)O)cc1.N[C@H]1CCCC[C@H]1O. The Morgan fingerprint density at radius 3 is 1.55 bits per heavy atom. The molecule has 2 saturated heterocycles. The van der Waals surface area contributed by atoms with E-state index in [-0.39, 0.29) is 42.3 Å². The van der Waals surface area contributed by atoms with Crippen LogP contribution < -0.4 is 11.2 Å². The standard InChI is InChI=1S/C15H18N2O2.C8H14INO2.C7H6BNO2.C6H13NO.ClH/c1-15(2,3)19-14(18)17-9-13(10-17)12-6-4-11(8-16)5-7-12;1-8(2,3)12-7(11)10-4-6(9)5-10;9-5-6-1-3-7(4-2-6)8(10)11;7-5-3-1-2-4-6(5)8;/h4-7,13H,9-10H2,1-3H3;6H,4-5H2,1-3H3;1-4,10-11H;5-6,8H,1-4,7H2;1H/t;;;5-,6+;/m...0./s1. The van der Waals surface area contributed by atoms with E-state index in [1.54, 1.807) is 9.80 Å². The van der Waals surface area contributed by atoms with Crippen molar-refractivity contribution < 1.29 is 34.2 Å². The highest BCUT2D eigenvalue weighted by Gasteiger charge is 2.34. The summed E-state index contributed by atoms with van der Waals surface area (Å²) in [6, 6.07) is 17.7. The molecule has 0 radical (unpaired) electrons. The zero-order valence-corrected chi connectivity index (χ0v) is 33.3. The van der Waals surface area contributed by atoms with Gasteiger partial charge in [0, 0.05) is 42.1 Å². The highest BCUT2D eigenvalue weighted by molar-refractivity contribution is 14.1. The maximum Gasteiger partial charge on any atom is 0.488 e. The van der Waals surface area contributed by atoms with E-state index < -0.39 is 12.7 Å². The Balaban J connectivity index is 0.000000355. The number of rotatable bonds is 2. The van der Waals surface area contributed by atoms with Crippen LogP contribution in [-0.2, 0) is 9.47 Å². The Morgan fingerprint density at radius 2 is 1.22 bits per heavy atom. The quantitative estimate of drug-likeness (QED) is 0.185. The summed E-state index contributed by atoms with van der Waals surface area (Å²) in [6.45, 7) is 14.3. The molecule has 12 nitrogen and oxygen atoms in total. The maximum atomic E-state index is 11.8. The third kappa shape index (κ3) is 17.3. The first-order chi connectivity index (χ1) is 23.3. The lowest BCUT2D eigenvalue weighted by atomic mass is 9.80. The molecule has 3 aliphatic rings. The number of alkyl halides is 1. The normalized spacial score (nSPS) is 18.4. The van der Waals surface area contributed by atoms with E-state index in [1.807, 2.05) is 71.9 Å². The lowest BCUT2D eigenvalue weighted by Crippen LogP contribution is -2.52. The van der Waals surface area contributed by atoms with Crippen LogP contribution in [0.15, 0.2) is 48.5 Å². The third-order valence-corrected chi connectivity index (χ3v) is 8.44. The summed E-state index contributed by atoms with van der Waals surface area (Å²) in [7, 11) is -1.46. The summed E-state index contributed by atoms with van der Waals surface area (Å²) in [6.07, 6.45) is 3.59. The number of carbonyl (C=O) groups excluding carboxylic acids is 2. The van der Waals surface area contributed by atoms with Gasteiger partial charge in [-0.15, -0.1) is 12.4 Å². The molecule has 0 unspecified atom stereocenters. The van der Waals surface area contributed by atoms with Crippen molar-refractivity contribution in [2.45, 2.75) is 100 Å². The Bertz CT molecular complexity index is 1440. The fraction of sp³-hybridized carbons (Fsp3) is 0.556. The number of halogens is 2. The average molecular weight is 840 g/mol. The summed E-state index contributed by atoms with van der Waals surface area (Å²) >= 11 is 2.33. The van der Waals surface area contributed by atoms with E-state index in [9.17, 15) is 9.59 Å². The summed E-state index contributed by atoms with van der Waals surface area (Å²) in [4.78, 5) is 26.5. The molecule has 2 heterocycles. The van der Waals surface area contributed by atoms with Gasteiger partial charge in [-0.25, -0.2) is 9.59 Å². The van der Waals surface area contributed by atoms with Gasteiger partial charge >= 0.3 is 19.3 Å². The van der Waals surface area contributed by atoms with Crippen LogP contribution in [-0.4, -0.2) is 97.7 Å². The minimum Gasteiger partial charge on any atom is -0.444 e. The Hall–Kier alpha value is -3.12. The smallest absolute Gasteiger partial charge is 0.444 e. The number of nitriles is 2. The summed E-state index contributed by atoms with van der Waals surface area (Å²) < 4.78 is 11.1. The molecule has 0 spiro atoms. The van der Waals surface area contributed by atoms with Gasteiger partial charge < -0.3 is 40.2 Å². The molecule has 2 amide bonds. The molecule has 0 bridgehead atoms. The zero-order valence-electron chi connectivity index (χ0n) is 30.3. The number of nitrogens with zero attached hydrogens (tertiary/aromatic N) is 4. The number of ether oxygens (including phenoxy) is 2. The van der Waals surface area contributed by atoms with E-state index in [2.05, 4.69) is 28.7 Å². The van der Waals surface area contributed by atoms with Crippen LogP contribution in [0.2, 0.25) is 0 Å². The highest BCUT2D eigenvalue weighted by atomic mass is 127. The van der Waals surface area contributed by atoms with Crippen LogP contribution in [0.3, 0.4) is 0 Å². The fourth-order valence-corrected chi connectivity index (χ4v) is 5.72. The van der Waals surface area contributed by atoms with Gasteiger partial charge in [-0.2, -0.15) is 10.5 Å². The van der Waals surface area contributed by atoms with E-state index in [4.69, 9.17) is 40.9 Å². The number of nitrogens with two attached hydrogens (primary N) is 1. The third-order valence-electron chi connectivity index (χ3n) is 7.65. The molecule has 280 valence electrons. The zero-order chi connectivity index (χ0) is 37.6. The van der Waals surface area contributed by atoms with Gasteiger partial charge in [-0.1, -0.05) is 59.7 Å². The lowest BCUT2D eigenvalue weighted by molar-refractivity contribution is 0.00806. The van der Waals surface area contributed by atoms with Crippen molar-refractivity contribution >= 4 is 59.8 Å². The summed E-state index contributed by atoms with van der Waals surface area (Å²) in [5.74, 6) is 0.347. The number of likely N-dealkylation sites (tertiary alicyclic amines) is 2. The van der Waals surface area contributed by atoms with Gasteiger partial charge in [0.25, 0.3) is 0 Å². The number of carbonyl (C=O) groups is 2. The van der Waals surface area contributed by atoms with E-state index in [0.29, 0.717) is 39.5 Å².